The van der Waals surface area contributed by atoms with E-state index in [4.69, 9.17) is 11.6 Å². The molecule has 5 nitrogen and oxygen atoms in total. The number of esters is 1. The van der Waals surface area contributed by atoms with Crippen LogP contribution < -0.4 is 0 Å². The number of benzene rings is 1. The zero-order valence-electron chi connectivity index (χ0n) is 8.11. The molecule has 0 N–H and O–H groups in total. The summed E-state index contributed by atoms with van der Waals surface area (Å²) in [4.78, 5) is 21.1. The number of hydrogen-bond acceptors (Lipinski definition) is 4. The molecule has 0 fully saturated rings. The zero-order valence-corrected chi connectivity index (χ0v) is 8.87. The molecular weight excluding hydrogens is 222 g/mol. The van der Waals surface area contributed by atoms with Gasteiger partial charge in [-0.3, -0.25) is 10.1 Å². The lowest BCUT2D eigenvalue weighted by Crippen LogP contribution is -2.04. The van der Waals surface area contributed by atoms with Gasteiger partial charge < -0.3 is 4.74 Å². The smallest absolute Gasteiger partial charge is 0.338 e. The van der Waals surface area contributed by atoms with Crippen LogP contribution in [0, 0.1) is 17.0 Å². The Balaban J connectivity index is 3.31. The summed E-state index contributed by atoms with van der Waals surface area (Å²) in [5, 5.41) is 10.5. The van der Waals surface area contributed by atoms with E-state index in [1.165, 1.54) is 19.2 Å². The molecule has 0 atom stereocenters. The number of halogens is 1. The van der Waals surface area contributed by atoms with Crippen LogP contribution in [0.2, 0.25) is 5.02 Å². The number of nitro groups is 1. The summed E-state index contributed by atoms with van der Waals surface area (Å²) >= 11 is 5.65. The normalized spacial score (nSPS) is 9.80. The topological polar surface area (TPSA) is 69.4 Å². The van der Waals surface area contributed by atoms with Crippen LogP contribution in [0.25, 0.3) is 0 Å². The van der Waals surface area contributed by atoms with Gasteiger partial charge in [-0.15, -0.1) is 0 Å². The van der Waals surface area contributed by atoms with Crippen molar-refractivity contribution in [2.45, 2.75) is 6.92 Å². The van der Waals surface area contributed by atoms with E-state index in [0.717, 1.165) is 0 Å². The Morgan fingerprint density at radius 3 is 2.60 bits per heavy atom. The summed E-state index contributed by atoms with van der Waals surface area (Å²) in [5.41, 5.74) is 0.466. The molecule has 0 unspecified atom stereocenters. The third kappa shape index (κ3) is 2.24. The highest BCUT2D eigenvalue weighted by atomic mass is 35.5. The second kappa shape index (κ2) is 4.27. The van der Waals surface area contributed by atoms with Crippen LogP contribution in [-0.2, 0) is 4.74 Å². The molecule has 1 rings (SSSR count). The standard InChI is InChI=1S/C9H8ClNO4/c1-5-3-8(11(13)14)7(10)4-6(5)9(12)15-2/h3-4H,1-2H3. The average Bonchev–Trinajstić information content (AvgIpc) is 2.19. The minimum atomic E-state index is -0.601. The van der Waals surface area contributed by atoms with Crippen LogP contribution >= 0.6 is 11.6 Å². The average molecular weight is 230 g/mol. The van der Waals surface area contributed by atoms with Crippen LogP contribution in [0.1, 0.15) is 15.9 Å². The van der Waals surface area contributed by atoms with Gasteiger partial charge in [-0.2, -0.15) is 0 Å². The van der Waals surface area contributed by atoms with Crippen LogP contribution in [-0.4, -0.2) is 18.0 Å². The van der Waals surface area contributed by atoms with Crippen molar-refractivity contribution in [3.05, 3.63) is 38.4 Å². The number of aryl methyl sites for hydroxylation is 1. The van der Waals surface area contributed by atoms with Gasteiger partial charge in [0.2, 0.25) is 0 Å². The van der Waals surface area contributed by atoms with E-state index in [1.54, 1.807) is 6.92 Å². The molecule has 0 amide bonds. The van der Waals surface area contributed by atoms with Gasteiger partial charge in [-0.25, -0.2) is 4.79 Å². The quantitative estimate of drug-likeness (QED) is 0.443. The summed E-state index contributed by atoms with van der Waals surface area (Å²) in [5.74, 6) is -0.565. The Kier molecular flexibility index (Phi) is 3.26. The van der Waals surface area contributed by atoms with Crippen LogP contribution in [0.5, 0.6) is 0 Å². The van der Waals surface area contributed by atoms with E-state index in [0.29, 0.717) is 5.56 Å². The van der Waals surface area contributed by atoms with Crippen molar-refractivity contribution in [3.8, 4) is 0 Å². The van der Waals surface area contributed by atoms with Crippen LogP contribution in [0.15, 0.2) is 12.1 Å². The minimum absolute atomic E-state index is 0.0778. The van der Waals surface area contributed by atoms with Gasteiger partial charge in [0.1, 0.15) is 5.02 Å². The molecule has 1 aromatic carbocycles. The van der Waals surface area contributed by atoms with E-state index >= 15 is 0 Å². The lowest BCUT2D eigenvalue weighted by atomic mass is 10.1. The molecule has 0 aliphatic heterocycles. The molecule has 0 aliphatic carbocycles. The van der Waals surface area contributed by atoms with Crippen molar-refractivity contribution in [1.29, 1.82) is 0 Å². The second-order valence-electron chi connectivity index (χ2n) is 2.87. The molecule has 0 saturated carbocycles. The molecule has 0 aliphatic rings. The highest BCUT2D eigenvalue weighted by Crippen LogP contribution is 2.27. The van der Waals surface area contributed by atoms with E-state index < -0.39 is 10.9 Å². The van der Waals surface area contributed by atoms with E-state index in [1.807, 2.05) is 0 Å². The Labute approximate surface area is 90.8 Å². The molecule has 0 heterocycles. The Hall–Kier alpha value is -1.62. The molecule has 0 bridgehead atoms. The van der Waals surface area contributed by atoms with Gasteiger partial charge in [-0.1, -0.05) is 11.6 Å². The molecule has 1 aromatic rings. The number of rotatable bonds is 2. The lowest BCUT2D eigenvalue weighted by molar-refractivity contribution is -0.384. The summed E-state index contributed by atoms with van der Waals surface area (Å²) in [7, 11) is 1.23. The number of methoxy groups -OCH3 is 1. The van der Waals surface area contributed by atoms with Gasteiger partial charge in [0.15, 0.2) is 0 Å². The molecule has 80 valence electrons. The van der Waals surface area contributed by atoms with Gasteiger partial charge >= 0.3 is 5.97 Å². The molecular formula is C9H8ClNO4. The fourth-order valence-corrected chi connectivity index (χ4v) is 1.37. The van der Waals surface area contributed by atoms with Crippen LogP contribution in [0.4, 0.5) is 5.69 Å². The third-order valence-corrected chi connectivity index (χ3v) is 2.20. The molecule has 0 spiro atoms. The van der Waals surface area contributed by atoms with Crippen molar-refractivity contribution < 1.29 is 14.5 Å². The highest BCUT2D eigenvalue weighted by Gasteiger charge is 2.18. The fourth-order valence-electron chi connectivity index (χ4n) is 1.14. The largest absolute Gasteiger partial charge is 0.465 e. The predicted molar refractivity (Wildman–Crippen MR) is 54.2 cm³/mol. The number of carbonyl (C=O) groups excluding carboxylic acids is 1. The first-order chi connectivity index (χ1) is 6.97. The van der Waals surface area contributed by atoms with E-state index in [-0.39, 0.29) is 16.3 Å². The lowest BCUT2D eigenvalue weighted by Gasteiger charge is -2.04. The summed E-state index contributed by atoms with van der Waals surface area (Å²) in [6.45, 7) is 1.58. The van der Waals surface area contributed by atoms with Crippen molar-refractivity contribution in [2.75, 3.05) is 7.11 Å². The number of carbonyl (C=O) groups is 1. The second-order valence-corrected chi connectivity index (χ2v) is 3.27. The summed E-state index contributed by atoms with van der Waals surface area (Å²) < 4.78 is 4.51. The minimum Gasteiger partial charge on any atom is -0.465 e. The van der Waals surface area contributed by atoms with E-state index in [9.17, 15) is 14.9 Å². The van der Waals surface area contributed by atoms with Crippen molar-refractivity contribution in [2.24, 2.45) is 0 Å². The fraction of sp³-hybridized carbons (Fsp3) is 0.222. The summed E-state index contributed by atoms with van der Waals surface area (Å²) in [6.07, 6.45) is 0. The summed E-state index contributed by atoms with van der Waals surface area (Å²) in [6, 6.07) is 2.48. The van der Waals surface area contributed by atoms with Gasteiger partial charge in [0.25, 0.3) is 5.69 Å². The first kappa shape index (κ1) is 11.5. The van der Waals surface area contributed by atoms with E-state index in [2.05, 4.69) is 4.74 Å². The van der Waals surface area contributed by atoms with Crippen molar-refractivity contribution >= 4 is 23.3 Å². The first-order valence-electron chi connectivity index (χ1n) is 4.00. The highest BCUT2D eigenvalue weighted by molar-refractivity contribution is 6.33. The SMILES string of the molecule is COC(=O)c1cc(Cl)c([N+](=O)[O-])cc1C. The number of hydrogen-bond donors (Lipinski definition) is 0. The molecule has 6 heteroatoms. The Morgan fingerprint density at radius 1 is 1.53 bits per heavy atom. The number of nitro benzene ring substituents is 1. The number of ether oxygens (including phenoxy) is 1. The first-order valence-corrected chi connectivity index (χ1v) is 4.38. The number of nitrogens with zero attached hydrogens (tertiary/aromatic N) is 1. The van der Waals surface area contributed by atoms with Gasteiger partial charge in [-0.05, 0) is 18.6 Å². The van der Waals surface area contributed by atoms with Gasteiger partial charge in [0.05, 0.1) is 17.6 Å². The van der Waals surface area contributed by atoms with Gasteiger partial charge in [0, 0.05) is 6.07 Å². The van der Waals surface area contributed by atoms with Crippen molar-refractivity contribution in [1.82, 2.24) is 0 Å². The molecule has 15 heavy (non-hydrogen) atoms. The molecule has 0 saturated heterocycles. The maximum atomic E-state index is 11.2. The maximum absolute atomic E-state index is 11.2. The van der Waals surface area contributed by atoms with Crippen LogP contribution in [0.3, 0.4) is 0 Å². The maximum Gasteiger partial charge on any atom is 0.338 e. The molecule has 0 aromatic heterocycles. The predicted octanol–water partition coefficient (Wildman–Crippen LogP) is 2.34. The zero-order chi connectivity index (χ0) is 11.6. The Bertz CT molecular complexity index is 430. The molecule has 0 radical (unpaired) electrons. The van der Waals surface area contributed by atoms with Crippen molar-refractivity contribution in [3.63, 3.8) is 0 Å². The monoisotopic (exact) mass is 229 g/mol. The Morgan fingerprint density at radius 2 is 2.13 bits per heavy atom. The third-order valence-electron chi connectivity index (χ3n) is 1.90.